The summed E-state index contributed by atoms with van der Waals surface area (Å²) in [6.45, 7) is 0. The molecule has 0 amide bonds. The maximum absolute atomic E-state index is 4.07. The maximum atomic E-state index is 4.07. The fraction of sp³-hybridized carbons (Fsp3) is 0.111. The highest BCUT2D eigenvalue weighted by Gasteiger charge is 2.57. The molecule has 1 spiro atoms. The molecule has 0 saturated carbocycles. The zero-order valence-corrected chi connectivity index (χ0v) is 6.60. The average molecular weight is 168 g/mol. The van der Waals surface area contributed by atoms with Crippen molar-refractivity contribution in [2.45, 2.75) is 5.66 Å². The third-order valence-corrected chi connectivity index (χ3v) is 2.66. The van der Waals surface area contributed by atoms with E-state index >= 15 is 0 Å². The molecule has 0 atom stereocenters. The van der Waals surface area contributed by atoms with E-state index in [1.54, 1.807) is 0 Å². The van der Waals surface area contributed by atoms with Crippen LogP contribution in [0.1, 0.15) is 11.1 Å². The van der Waals surface area contributed by atoms with Gasteiger partial charge in [-0.2, -0.15) is 0 Å². The van der Waals surface area contributed by atoms with Crippen molar-refractivity contribution in [1.82, 2.24) is 0 Å². The molecule has 0 radical (unpaired) electrons. The summed E-state index contributed by atoms with van der Waals surface area (Å²) in [6.07, 6.45) is 0. The Morgan fingerprint density at radius 2 is 1.85 bits per heavy atom. The van der Waals surface area contributed by atoms with Crippen molar-refractivity contribution in [3.05, 3.63) is 41.1 Å². The van der Waals surface area contributed by atoms with Crippen LogP contribution < -0.4 is 0 Å². The first-order valence-electron chi connectivity index (χ1n) is 4.12. The van der Waals surface area contributed by atoms with Crippen LogP contribution in [0.4, 0.5) is 0 Å². The summed E-state index contributed by atoms with van der Waals surface area (Å²) in [6, 6.07) is 8.08. The minimum atomic E-state index is -0.437. The molecular formula is C9H4N4. The molecule has 0 N–H and O–H groups in total. The largest absolute Gasteiger partial charge is 0.262 e. The molecule has 60 valence electrons. The summed E-state index contributed by atoms with van der Waals surface area (Å²) in [5.41, 5.74) is 3.73. The molecule has 0 fully saturated rings. The zero-order valence-electron chi connectivity index (χ0n) is 6.60. The molecule has 3 aliphatic rings. The molecule has 4 rings (SSSR count). The molecule has 2 heterocycles. The van der Waals surface area contributed by atoms with Gasteiger partial charge in [0.05, 0.1) is 0 Å². The molecule has 0 saturated heterocycles. The van der Waals surface area contributed by atoms with E-state index in [1.165, 1.54) is 0 Å². The topological polar surface area (TPSA) is 49.4 Å². The standard InChI is InChI=1S/C9H4N4/c1-2-4-6-5(3-1)7-8(11-10-7)9(6)12-13-9/h1-4H. The monoisotopic (exact) mass is 168 g/mol. The number of hydrogen-bond donors (Lipinski definition) is 0. The Balaban J connectivity index is 2.10. The van der Waals surface area contributed by atoms with Gasteiger partial charge in [-0.3, -0.25) is 0 Å². The maximum Gasteiger partial charge on any atom is 0.262 e. The Kier molecular flexibility index (Phi) is 0.645. The van der Waals surface area contributed by atoms with Crippen molar-refractivity contribution < 1.29 is 0 Å². The Morgan fingerprint density at radius 1 is 1.00 bits per heavy atom. The second kappa shape index (κ2) is 1.46. The summed E-state index contributed by atoms with van der Waals surface area (Å²) in [7, 11) is 0. The Hall–Kier alpha value is -1.84. The molecule has 1 aliphatic carbocycles. The Morgan fingerprint density at radius 3 is 2.54 bits per heavy atom. The zero-order chi connectivity index (χ0) is 8.47. The lowest BCUT2D eigenvalue weighted by molar-refractivity contribution is 0.741. The van der Waals surface area contributed by atoms with E-state index in [1.807, 2.05) is 24.3 Å². The predicted octanol–water partition coefficient (Wildman–Crippen LogP) is 2.45. The fourth-order valence-electron chi connectivity index (χ4n) is 1.94. The van der Waals surface area contributed by atoms with E-state index in [-0.39, 0.29) is 0 Å². The Bertz CT molecular complexity index is 518. The van der Waals surface area contributed by atoms with Crippen LogP contribution in [0.2, 0.25) is 0 Å². The number of rotatable bonds is 0. The minimum absolute atomic E-state index is 0.437. The van der Waals surface area contributed by atoms with Crippen LogP contribution in [0.25, 0.3) is 5.70 Å². The molecular weight excluding hydrogens is 164 g/mol. The fourth-order valence-corrected chi connectivity index (χ4v) is 1.94. The van der Waals surface area contributed by atoms with Gasteiger partial charge in [-0.15, -0.1) is 20.5 Å². The van der Waals surface area contributed by atoms with Crippen molar-refractivity contribution >= 4 is 5.70 Å². The number of benzene rings is 1. The van der Waals surface area contributed by atoms with Crippen LogP contribution in [-0.2, 0) is 5.66 Å². The van der Waals surface area contributed by atoms with Gasteiger partial charge in [0.15, 0.2) is 0 Å². The van der Waals surface area contributed by atoms with E-state index in [0.29, 0.717) is 0 Å². The van der Waals surface area contributed by atoms with Crippen LogP contribution in [0.5, 0.6) is 0 Å². The molecule has 0 unspecified atom stereocenters. The summed E-state index contributed by atoms with van der Waals surface area (Å²) >= 11 is 0. The van der Waals surface area contributed by atoms with Crippen LogP contribution >= 0.6 is 0 Å². The summed E-state index contributed by atoms with van der Waals surface area (Å²) in [5.74, 6) is 0. The quantitative estimate of drug-likeness (QED) is 0.571. The highest BCUT2D eigenvalue weighted by atomic mass is 15.5. The molecule has 0 aromatic heterocycles. The first-order chi connectivity index (χ1) is 6.42. The highest BCUT2D eigenvalue weighted by Crippen LogP contribution is 2.59. The molecule has 4 heteroatoms. The molecule has 4 nitrogen and oxygen atoms in total. The van der Waals surface area contributed by atoms with Crippen molar-refractivity contribution in [3.8, 4) is 0 Å². The second-order valence-electron chi connectivity index (χ2n) is 3.32. The van der Waals surface area contributed by atoms with Gasteiger partial charge in [0, 0.05) is 11.1 Å². The van der Waals surface area contributed by atoms with Crippen molar-refractivity contribution in [1.29, 1.82) is 0 Å². The number of nitrogens with zero attached hydrogens (tertiary/aromatic N) is 4. The molecule has 1 aromatic carbocycles. The van der Waals surface area contributed by atoms with Gasteiger partial charge in [-0.1, -0.05) is 24.3 Å². The van der Waals surface area contributed by atoms with Gasteiger partial charge in [0.25, 0.3) is 5.66 Å². The second-order valence-corrected chi connectivity index (χ2v) is 3.32. The first-order valence-corrected chi connectivity index (χ1v) is 4.12. The van der Waals surface area contributed by atoms with Gasteiger partial charge >= 0.3 is 0 Å². The van der Waals surface area contributed by atoms with Crippen LogP contribution in [0.3, 0.4) is 0 Å². The lowest BCUT2D eigenvalue weighted by Crippen LogP contribution is -2.07. The van der Waals surface area contributed by atoms with E-state index in [4.69, 9.17) is 0 Å². The third-order valence-electron chi connectivity index (χ3n) is 2.66. The Labute approximate surface area is 73.7 Å². The molecule has 1 aromatic rings. The lowest BCUT2D eigenvalue weighted by atomic mass is 10.0. The summed E-state index contributed by atoms with van der Waals surface area (Å²) in [4.78, 5) is 0. The van der Waals surface area contributed by atoms with E-state index in [0.717, 1.165) is 22.5 Å². The summed E-state index contributed by atoms with van der Waals surface area (Å²) < 4.78 is 0. The van der Waals surface area contributed by atoms with Crippen molar-refractivity contribution in [3.63, 3.8) is 0 Å². The van der Waals surface area contributed by atoms with E-state index in [9.17, 15) is 0 Å². The van der Waals surface area contributed by atoms with Crippen LogP contribution in [-0.4, -0.2) is 0 Å². The smallest absolute Gasteiger partial charge is 0.148 e. The third kappa shape index (κ3) is 0.441. The first kappa shape index (κ1) is 5.75. The van der Waals surface area contributed by atoms with Crippen LogP contribution in [0.15, 0.2) is 50.4 Å². The van der Waals surface area contributed by atoms with Gasteiger partial charge in [-0.05, 0) is 0 Å². The van der Waals surface area contributed by atoms with E-state index < -0.39 is 5.66 Å². The highest BCUT2D eigenvalue weighted by molar-refractivity contribution is 5.82. The molecule has 0 bridgehead atoms. The van der Waals surface area contributed by atoms with Crippen molar-refractivity contribution in [2.75, 3.05) is 0 Å². The molecule has 13 heavy (non-hydrogen) atoms. The number of azo groups is 1. The number of fused-ring (bicyclic) bond motifs is 4. The summed E-state index contributed by atoms with van der Waals surface area (Å²) in [5, 5.41) is 16.1. The van der Waals surface area contributed by atoms with Gasteiger partial charge in [0.2, 0.25) is 0 Å². The van der Waals surface area contributed by atoms with Gasteiger partial charge in [-0.25, -0.2) is 0 Å². The predicted molar refractivity (Wildman–Crippen MR) is 44.8 cm³/mol. The molecule has 2 aliphatic heterocycles. The minimum Gasteiger partial charge on any atom is -0.148 e. The average Bonchev–Trinajstić information content (AvgIpc) is 2.81. The normalized spacial score (nSPS) is 23.1. The van der Waals surface area contributed by atoms with Gasteiger partial charge in [0.1, 0.15) is 11.4 Å². The number of hydrogen-bond acceptors (Lipinski definition) is 4. The SMILES string of the molecule is c1ccc2c(c1)C1=C(N=N1)C21N=N1. The van der Waals surface area contributed by atoms with E-state index in [2.05, 4.69) is 20.5 Å². The van der Waals surface area contributed by atoms with Crippen molar-refractivity contribution in [2.24, 2.45) is 20.5 Å². The van der Waals surface area contributed by atoms with Gasteiger partial charge < -0.3 is 0 Å². The lowest BCUT2D eigenvalue weighted by Gasteiger charge is -2.06. The van der Waals surface area contributed by atoms with Crippen LogP contribution in [0, 0.1) is 0 Å².